The third-order valence-corrected chi connectivity index (χ3v) is 2.67. The maximum Gasteiger partial charge on any atom is 0.337 e. The molecule has 82 valence electrons. The first-order chi connectivity index (χ1) is 6.50. The van der Waals surface area contributed by atoms with Gasteiger partial charge in [-0.25, -0.2) is 4.79 Å². The highest BCUT2D eigenvalue weighted by Gasteiger charge is 2.26. The van der Waals surface area contributed by atoms with Crippen molar-refractivity contribution in [2.75, 3.05) is 6.61 Å². The van der Waals surface area contributed by atoms with Crippen LogP contribution in [0.1, 0.15) is 46.0 Å². The van der Waals surface area contributed by atoms with Gasteiger partial charge in [-0.1, -0.05) is 19.3 Å². The largest absolute Gasteiger partial charge is 0.463 e. The van der Waals surface area contributed by atoms with Gasteiger partial charge in [0.15, 0.2) is 5.60 Å². The van der Waals surface area contributed by atoms with Gasteiger partial charge in [-0.05, 0) is 32.6 Å². The molecule has 0 unspecified atom stereocenters. The topological polar surface area (TPSA) is 46.5 Å². The molecule has 0 aliphatic heterocycles. The van der Waals surface area contributed by atoms with E-state index in [0.717, 1.165) is 12.8 Å². The van der Waals surface area contributed by atoms with Gasteiger partial charge in [0.1, 0.15) is 0 Å². The molecule has 1 N–H and O–H groups in total. The normalized spacial score (nSPS) is 19.4. The Bertz CT molecular complexity index is 187. The van der Waals surface area contributed by atoms with Crippen LogP contribution in [0.2, 0.25) is 0 Å². The first kappa shape index (κ1) is 11.5. The molecule has 0 heterocycles. The van der Waals surface area contributed by atoms with Crippen molar-refractivity contribution < 1.29 is 14.6 Å². The van der Waals surface area contributed by atoms with E-state index in [0.29, 0.717) is 12.5 Å². The highest BCUT2D eigenvalue weighted by molar-refractivity contribution is 5.78. The molecule has 0 bridgehead atoms. The molecule has 0 spiro atoms. The zero-order valence-electron chi connectivity index (χ0n) is 9.08. The Labute approximate surface area is 85.5 Å². The molecule has 0 amide bonds. The summed E-state index contributed by atoms with van der Waals surface area (Å²) in [6.45, 7) is 3.38. The van der Waals surface area contributed by atoms with Crippen LogP contribution < -0.4 is 0 Å². The summed E-state index contributed by atoms with van der Waals surface area (Å²) in [4.78, 5) is 11.2. The first-order valence-corrected chi connectivity index (χ1v) is 5.40. The zero-order chi connectivity index (χ0) is 10.6. The molecule has 0 radical (unpaired) electrons. The summed E-state index contributed by atoms with van der Waals surface area (Å²) in [6, 6.07) is 0. The second kappa shape index (κ2) is 4.78. The van der Waals surface area contributed by atoms with Crippen LogP contribution >= 0.6 is 0 Å². The maximum atomic E-state index is 11.2. The molecule has 0 atom stereocenters. The van der Waals surface area contributed by atoms with Gasteiger partial charge >= 0.3 is 5.97 Å². The van der Waals surface area contributed by atoms with Crippen molar-refractivity contribution in [2.24, 2.45) is 5.92 Å². The molecule has 1 fully saturated rings. The van der Waals surface area contributed by atoms with Crippen molar-refractivity contribution >= 4 is 5.97 Å². The Balaban J connectivity index is 2.22. The highest BCUT2D eigenvalue weighted by atomic mass is 16.5. The van der Waals surface area contributed by atoms with Crippen LogP contribution in [0.15, 0.2) is 0 Å². The van der Waals surface area contributed by atoms with Gasteiger partial charge in [0.25, 0.3) is 0 Å². The predicted molar refractivity (Wildman–Crippen MR) is 53.8 cm³/mol. The molecule has 14 heavy (non-hydrogen) atoms. The number of carbonyl (C=O) groups excluding carboxylic acids is 1. The summed E-state index contributed by atoms with van der Waals surface area (Å²) < 4.78 is 5.06. The Morgan fingerprint density at radius 3 is 2.43 bits per heavy atom. The van der Waals surface area contributed by atoms with Crippen molar-refractivity contribution in [3.05, 3.63) is 0 Å². The van der Waals surface area contributed by atoms with E-state index in [2.05, 4.69) is 0 Å². The Morgan fingerprint density at radius 1 is 1.36 bits per heavy atom. The minimum absolute atomic E-state index is 0.475. The van der Waals surface area contributed by atoms with Crippen molar-refractivity contribution in [1.29, 1.82) is 0 Å². The zero-order valence-corrected chi connectivity index (χ0v) is 9.08. The molecule has 0 saturated heterocycles. The van der Waals surface area contributed by atoms with Crippen molar-refractivity contribution in [3.63, 3.8) is 0 Å². The fourth-order valence-electron chi connectivity index (χ4n) is 1.72. The van der Waals surface area contributed by atoms with Crippen LogP contribution in [-0.2, 0) is 9.53 Å². The second-order valence-corrected chi connectivity index (χ2v) is 4.66. The third kappa shape index (κ3) is 3.66. The first-order valence-electron chi connectivity index (χ1n) is 5.40. The summed E-state index contributed by atoms with van der Waals surface area (Å²) in [5.74, 6) is -0.00174. The Hall–Kier alpha value is -0.570. The summed E-state index contributed by atoms with van der Waals surface area (Å²) in [6.07, 6.45) is 6.09. The van der Waals surface area contributed by atoms with E-state index in [1.54, 1.807) is 0 Å². The third-order valence-electron chi connectivity index (χ3n) is 2.67. The molecular weight excluding hydrogens is 180 g/mol. The monoisotopic (exact) mass is 200 g/mol. The molecule has 3 nitrogen and oxygen atoms in total. The highest BCUT2D eigenvalue weighted by Crippen LogP contribution is 2.24. The molecule has 1 aliphatic rings. The van der Waals surface area contributed by atoms with Gasteiger partial charge in [-0.2, -0.15) is 0 Å². The molecule has 0 aromatic rings. The lowest BCUT2D eigenvalue weighted by atomic mass is 9.90. The summed E-state index contributed by atoms with van der Waals surface area (Å²) in [7, 11) is 0. The van der Waals surface area contributed by atoms with Gasteiger partial charge in [-0.3, -0.25) is 0 Å². The fraction of sp³-hybridized carbons (Fsp3) is 0.909. The predicted octanol–water partition coefficient (Wildman–Crippen LogP) is 1.88. The molecular formula is C11H20O3. The van der Waals surface area contributed by atoms with Gasteiger partial charge < -0.3 is 9.84 Å². The van der Waals surface area contributed by atoms with E-state index in [-0.39, 0.29) is 0 Å². The number of ether oxygens (including phenoxy) is 1. The van der Waals surface area contributed by atoms with Gasteiger partial charge in [0, 0.05) is 0 Å². The quantitative estimate of drug-likeness (QED) is 0.707. The molecule has 1 rings (SSSR count). The summed E-state index contributed by atoms with van der Waals surface area (Å²) in [5.41, 5.74) is -1.35. The van der Waals surface area contributed by atoms with Crippen LogP contribution in [0.4, 0.5) is 0 Å². The molecule has 0 aromatic carbocycles. The number of hydrogen-bond acceptors (Lipinski definition) is 3. The van der Waals surface area contributed by atoms with Crippen LogP contribution in [0.25, 0.3) is 0 Å². The van der Waals surface area contributed by atoms with Crippen LogP contribution in [0.5, 0.6) is 0 Å². The lowest BCUT2D eigenvalue weighted by Crippen LogP contribution is -2.34. The average Bonchev–Trinajstić information content (AvgIpc) is 2.14. The van der Waals surface area contributed by atoms with Crippen molar-refractivity contribution in [1.82, 2.24) is 0 Å². The fourth-order valence-corrected chi connectivity index (χ4v) is 1.72. The summed E-state index contributed by atoms with van der Waals surface area (Å²) in [5, 5.41) is 9.34. The Morgan fingerprint density at radius 2 is 1.93 bits per heavy atom. The Kier molecular flexibility index (Phi) is 3.93. The smallest absolute Gasteiger partial charge is 0.337 e. The number of hydrogen-bond donors (Lipinski definition) is 1. The number of rotatable bonds is 3. The SMILES string of the molecule is CC(C)(O)C(=O)OCC1CCCCC1. The van der Waals surface area contributed by atoms with Crippen molar-refractivity contribution in [3.8, 4) is 0 Å². The van der Waals surface area contributed by atoms with E-state index < -0.39 is 11.6 Å². The van der Waals surface area contributed by atoms with E-state index in [1.165, 1.54) is 33.1 Å². The van der Waals surface area contributed by atoms with E-state index in [1.807, 2.05) is 0 Å². The maximum absolute atomic E-state index is 11.2. The van der Waals surface area contributed by atoms with E-state index >= 15 is 0 Å². The van der Waals surface area contributed by atoms with E-state index in [9.17, 15) is 9.90 Å². The van der Waals surface area contributed by atoms with Crippen molar-refractivity contribution in [2.45, 2.75) is 51.6 Å². The lowest BCUT2D eigenvalue weighted by Gasteiger charge is -2.23. The lowest BCUT2D eigenvalue weighted by molar-refractivity contribution is -0.163. The average molecular weight is 200 g/mol. The van der Waals surface area contributed by atoms with Crippen LogP contribution in [-0.4, -0.2) is 23.3 Å². The second-order valence-electron chi connectivity index (χ2n) is 4.66. The molecule has 0 aromatic heterocycles. The standard InChI is InChI=1S/C11H20O3/c1-11(2,13)10(12)14-8-9-6-4-3-5-7-9/h9,13H,3-8H2,1-2H3. The van der Waals surface area contributed by atoms with E-state index in [4.69, 9.17) is 4.74 Å². The van der Waals surface area contributed by atoms with Crippen LogP contribution in [0, 0.1) is 5.92 Å². The minimum Gasteiger partial charge on any atom is -0.463 e. The molecule has 3 heteroatoms. The molecule has 1 aliphatic carbocycles. The number of carbonyl (C=O) groups is 1. The molecule has 1 saturated carbocycles. The van der Waals surface area contributed by atoms with Gasteiger partial charge in [0.05, 0.1) is 6.61 Å². The summed E-state index contributed by atoms with van der Waals surface area (Å²) >= 11 is 0. The van der Waals surface area contributed by atoms with Gasteiger partial charge in [-0.15, -0.1) is 0 Å². The van der Waals surface area contributed by atoms with Crippen LogP contribution in [0.3, 0.4) is 0 Å². The number of esters is 1. The number of aliphatic hydroxyl groups is 1. The van der Waals surface area contributed by atoms with Gasteiger partial charge in [0.2, 0.25) is 0 Å². The minimum atomic E-state index is -1.35.